The molecule has 13 heteroatoms. The van der Waals surface area contributed by atoms with E-state index in [0.29, 0.717) is 38.1 Å². The molecule has 3 aliphatic rings. The zero-order valence-corrected chi connectivity index (χ0v) is 19.0. The lowest BCUT2D eigenvalue weighted by Gasteiger charge is -2.48. The number of allylic oxidation sites excluding steroid dienone is 3. The third-order valence-electron chi connectivity index (χ3n) is 6.78. The maximum Gasteiger partial charge on any atom is 0.434 e. The fraction of sp³-hybridized carbons (Fsp3) is 0.524. The van der Waals surface area contributed by atoms with Gasteiger partial charge in [0.2, 0.25) is 0 Å². The summed E-state index contributed by atoms with van der Waals surface area (Å²) >= 11 is 0. The number of amidine groups is 1. The van der Waals surface area contributed by atoms with Gasteiger partial charge in [0.1, 0.15) is 22.1 Å². The molecule has 0 aromatic carbocycles. The molecule has 1 saturated heterocycles. The first-order chi connectivity index (χ1) is 15.8. The molecule has 4 rings (SSSR count). The van der Waals surface area contributed by atoms with E-state index in [1.807, 2.05) is 0 Å². The van der Waals surface area contributed by atoms with Crippen molar-refractivity contribution in [3.05, 3.63) is 47.5 Å². The van der Waals surface area contributed by atoms with Crippen LogP contribution in [0.5, 0.6) is 0 Å². The average Bonchev–Trinajstić information content (AvgIpc) is 3.25. The van der Waals surface area contributed by atoms with Crippen LogP contribution >= 0.6 is 0 Å². The third kappa shape index (κ3) is 4.10. The number of amides is 1. The second-order valence-corrected chi connectivity index (χ2v) is 11.4. The first kappa shape index (κ1) is 24.3. The van der Waals surface area contributed by atoms with Gasteiger partial charge in [0.05, 0.1) is 23.7 Å². The summed E-state index contributed by atoms with van der Waals surface area (Å²) in [4.78, 5) is 19.1. The molecule has 0 bridgehead atoms. The quantitative estimate of drug-likeness (QED) is 0.547. The predicted octanol–water partition coefficient (Wildman–Crippen LogP) is 3.05. The van der Waals surface area contributed by atoms with Gasteiger partial charge in [-0.1, -0.05) is 12.8 Å². The highest BCUT2D eigenvalue weighted by Crippen LogP contribution is 2.45. The molecule has 3 N–H and O–H groups in total. The predicted molar refractivity (Wildman–Crippen MR) is 114 cm³/mol. The van der Waals surface area contributed by atoms with Crippen LogP contribution in [0.25, 0.3) is 0 Å². The minimum atomic E-state index is -4.70. The molecule has 2 atom stereocenters. The number of nitrogens with one attached hydrogen (secondary N) is 3. The van der Waals surface area contributed by atoms with E-state index in [1.165, 1.54) is 13.0 Å². The summed E-state index contributed by atoms with van der Waals surface area (Å²) in [6.07, 6.45) is 0.844. The zero-order valence-electron chi connectivity index (χ0n) is 18.2. The lowest BCUT2D eigenvalue weighted by Crippen LogP contribution is -2.69. The molecule has 1 amide bonds. The number of nitrogens with zero attached hydrogens (tertiary/aromatic N) is 2. The summed E-state index contributed by atoms with van der Waals surface area (Å²) in [5, 5.41) is 13.9. The molecule has 0 radical (unpaired) electrons. The molecule has 8 nitrogen and oxygen atoms in total. The number of carbonyl (C=O) groups excluding carboxylic acids is 1. The molecule has 2 fully saturated rings. The van der Waals surface area contributed by atoms with Crippen LogP contribution in [0.4, 0.5) is 17.6 Å². The molecule has 2 aliphatic carbocycles. The lowest BCUT2D eigenvalue weighted by atomic mass is 9.79. The Kier molecular flexibility index (Phi) is 5.82. The van der Waals surface area contributed by atoms with E-state index in [0.717, 1.165) is 6.08 Å². The number of rotatable bonds is 3. The Balaban J connectivity index is 1.51. The molecule has 1 spiro atoms. The number of sulfone groups is 1. The highest BCUT2D eigenvalue weighted by molar-refractivity contribution is 7.93. The van der Waals surface area contributed by atoms with E-state index < -0.39 is 49.6 Å². The van der Waals surface area contributed by atoms with Crippen molar-refractivity contribution in [2.75, 3.05) is 5.75 Å². The first-order valence-corrected chi connectivity index (χ1v) is 12.3. The van der Waals surface area contributed by atoms with Gasteiger partial charge in [0.25, 0.3) is 5.91 Å². The van der Waals surface area contributed by atoms with Crippen LogP contribution in [-0.2, 0) is 16.0 Å². The van der Waals surface area contributed by atoms with Crippen molar-refractivity contribution in [2.24, 2.45) is 5.92 Å². The van der Waals surface area contributed by atoms with Crippen LogP contribution in [-0.4, -0.2) is 46.2 Å². The Hall–Kier alpha value is -2.83. The van der Waals surface area contributed by atoms with Crippen LogP contribution in [0.1, 0.15) is 55.2 Å². The summed E-state index contributed by atoms with van der Waals surface area (Å²) in [6, 6.07) is 0. The van der Waals surface area contributed by atoms with Crippen molar-refractivity contribution < 1.29 is 30.8 Å². The van der Waals surface area contributed by atoms with Gasteiger partial charge >= 0.3 is 6.18 Å². The zero-order chi connectivity index (χ0) is 24.9. The van der Waals surface area contributed by atoms with Gasteiger partial charge in [-0.3, -0.25) is 10.2 Å². The Morgan fingerprint density at radius 1 is 1.21 bits per heavy atom. The number of hydrogen-bond donors (Lipinski definition) is 3. The van der Waals surface area contributed by atoms with Gasteiger partial charge in [-0.15, -0.1) is 0 Å². The maximum absolute atomic E-state index is 14.9. The summed E-state index contributed by atoms with van der Waals surface area (Å²) in [6.45, 7) is 1.53. The fourth-order valence-corrected chi connectivity index (χ4v) is 7.54. The largest absolute Gasteiger partial charge is 0.434 e. The molecule has 2 heterocycles. The van der Waals surface area contributed by atoms with Crippen molar-refractivity contribution in [3.8, 4) is 0 Å². The molecular formula is C21H23F4N5O3S. The Labute approximate surface area is 193 Å². The van der Waals surface area contributed by atoms with E-state index in [9.17, 15) is 30.8 Å². The minimum absolute atomic E-state index is 0.0958. The molecule has 184 valence electrons. The fourth-order valence-electron chi connectivity index (χ4n) is 4.92. The van der Waals surface area contributed by atoms with E-state index in [2.05, 4.69) is 20.6 Å². The topological polar surface area (TPSA) is 125 Å². The second-order valence-electron chi connectivity index (χ2n) is 9.12. The van der Waals surface area contributed by atoms with Gasteiger partial charge in [-0.05, 0) is 38.3 Å². The lowest BCUT2D eigenvalue weighted by molar-refractivity contribution is -0.141. The van der Waals surface area contributed by atoms with Crippen LogP contribution in [0, 0.1) is 11.3 Å². The Morgan fingerprint density at radius 3 is 2.44 bits per heavy atom. The molecule has 1 saturated carbocycles. The molecule has 1 aliphatic heterocycles. The molecule has 34 heavy (non-hydrogen) atoms. The van der Waals surface area contributed by atoms with Gasteiger partial charge in [-0.2, -0.15) is 13.2 Å². The second kappa shape index (κ2) is 8.14. The Bertz CT molecular complexity index is 1190. The minimum Gasteiger partial charge on any atom is -0.366 e. The summed E-state index contributed by atoms with van der Waals surface area (Å²) in [5.74, 6) is -2.95. The van der Waals surface area contributed by atoms with Gasteiger partial charge in [0, 0.05) is 11.6 Å². The molecule has 1 aromatic heterocycles. The number of carbonyl (C=O) groups is 1. The highest BCUT2D eigenvalue weighted by Gasteiger charge is 2.58. The maximum atomic E-state index is 14.9. The summed E-state index contributed by atoms with van der Waals surface area (Å²) in [7, 11) is -3.75. The highest BCUT2D eigenvalue weighted by atomic mass is 32.2. The standard InChI is InChI=1S/C21H23F4N5O3S/c1-19(11-34(32,33)20(18(26)30-19)6-2-3-7-20)13-8-12(4-5-14(13)22)29-17(31)15-9-28-16(10-27-15)21(23,24)25/h4-5,9-10,13H,2-3,6-8,11H2,1H3,(H2,26,30)(H,29,31)/t13?,19-/m0/s1. The van der Waals surface area contributed by atoms with Crippen molar-refractivity contribution in [1.29, 1.82) is 5.41 Å². The average molecular weight is 502 g/mol. The smallest absolute Gasteiger partial charge is 0.366 e. The first-order valence-electron chi connectivity index (χ1n) is 10.6. The number of alkyl halides is 3. The van der Waals surface area contributed by atoms with Gasteiger partial charge < -0.3 is 10.6 Å². The Morgan fingerprint density at radius 2 is 1.88 bits per heavy atom. The van der Waals surface area contributed by atoms with Gasteiger partial charge in [-0.25, -0.2) is 22.8 Å². The monoisotopic (exact) mass is 501 g/mol. The number of hydrogen-bond acceptors (Lipinski definition) is 6. The molecular weight excluding hydrogens is 478 g/mol. The SMILES string of the molecule is C[C@@]1(C2CC(NC(=O)c3cnc(C(F)(F)F)cn3)=CC=C2F)CS(=O)(=O)C2(CCCC2)C(=N)N1. The normalized spacial score (nSPS) is 28.1. The number of aromatic nitrogens is 2. The van der Waals surface area contributed by atoms with Crippen LogP contribution in [0.15, 0.2) is 36.1 Å². The van der Waals surface area contributed by atoms with E-state index in [4.69, 9.17) is 5.41 Å². The molecule has 1 aromatic rings. The molecule has 1 unspecified atom stereocenters. The number of halogens is 4. The third-order valence-corrected chi connectivity index (χ3v) is 9.56. The van der Waals surface area contributed by atoms with Crippen LogP contribution in [0.3, 0.4) is 0 Å². The van der Waals surface area contributed by atoms with Crippen LogP contribution in [0.2, 0.25) is 0 Å². The van der Waals surface area contributed by atoms with Gasteiger partial charge in [0.15, 0.2) is 15.5 Å². The van der Waals surface area contributed by atoms with Crippen molar-refractivity contribution in [1.82, 2.24) is 20.6 Å². The van der Waals surface area contributed by atoms with Crippen LogP contribution < -0.4 is 10.6 Å². The van der Waals surface area contributed by atoms with Crippen molar-refractivity contribution >= 4 is 21.6 Å². The van der Waals surface area contributed by atoms with E-state index in [1.54, 1.807) is 0 Å². The van der Waals surface area contributed by atoms with E-state index in [-0.39, 0.29) is 29.4 Å². The summed E-state index contributed by atoms with van der Waals surface area (Å²) < 4.78 is 78.0. The summed E-state index contributed by atoms with van der Waals surface area (Å²) in [5.41, 5.74) is -2.71. The van der Waals surface area contributed by atoms with E-state index >= 15 is 0 Å². The van der Waals surface area contributed by atoms with Crippen molar-refractivity contribution in [2.45, 2.75) is 55.5 Å². The van der Waals surface area contributed by atoms with Crippen molar-refractivity contribution in [3.63, 3.8) is 0 Å².